The molecule has 0 N–H and O–H groups in total. The summed E-state index contributed by atoms with van der Waals surface area (Å²) in [7, 11) is 0. The first-order valence-corrected chi connectivity index (χ1v) is 30.9. The van der Waals surface area contributed by atoms with E-state index in [-0.39, 0.29) is 0 Å². The van der Waals surface area contributed by atoms with Gasteiger partial charge >= 0.3 is 0 Å². The SMILES string of the molecule is c1ccc(-c2cccc(-c3cc(-c4ccc(-c5cccnc5)cc4)nc(-c4ccc(-c5ccc6ccccc6c5)cc4)n3)c2)cc1.c1ccc(-c2cccc(-c3cc(-c4ccc(-c5cccnc5)cc4)nc(-c4ccc(-c5cccc6ccccc56)cc4)n3)c2)cc1. The number of benzene rings is 12. The van der Waals surface area contributed by atoms with Crippen LogP contribution < -0.4 is 0 Å². The zero-order chi connectivity index (χ0) is 61.4. The molecule has 0 atom stereocenters. The summed E-state index contributed by atoms with van der Waals surface area (Å²) in [5.41, 5.74) is 23.4. The summed E-state index contributed by atoms with van der Waals surface area (Å²) in [6, 6.07) is 115. The molecule has 0 spiro atoms. The van der Waals surface area contributed by atoms with Crippen LogP contribution in [0.3, 0.4) is 0 Å². The third-order valence-corrected chi connectivity index (χ3v) is 16.8. The third-order valence-electron chi connectivity index (χ3n) is 16.8. The Morgan fingerprint density at radius 1 is 0.174 bits per heavy atom. The van der Waals surface area contributed by atoms with E-state index in [9.17, 15) is 0 Å². The number of fused-ring (bicyclic) bond motifs is 2. The summed E-state index contributed by atoms with van der Waals surface area (Å²) in [6.45, 7) is 0. The predicted molar refractivity (Wildman–Crippen MR) is 380 cm³/mol. The fraction of sp³-hybridized carbons (Fsp3) is 0. The molecule has 432 valence electrons. The van der Waals surface area contributed by atoms with Crippen molar-refractivity contribution in [3.63, 3.8) is 0 Å². The molecular weight excluding hydrogens is 1120 g/mol. The van der Waals surface area contributed by atoms with Crippen LogP contribution in [0.25, 0.3) is 156 Å². The van der Waals surface area contributed by atoms with Crippen LogP contribution >= 0.6 is 0 Å². The van der Waals surface area contributed by atoms with E-state index >= 15 is 0 Å². The summed E-state index contributed by atoms with van der Waals surface area (Å²) in [5.74, 6) is 1.39. The van der Waals surface area contributed by atoms with Gasteiger partial charge in [0.25, 0.3) is 0 Å². The Hall–Kier alpha value is -12.4. The van der Waals surface area contributed by atoms with E-state index in [2.05, 4.69) is 313 Å². The van der Waals surface area contributed by atoms with Gasteiger partial charge in [-0.25, -0.2) is 19.9 Å². The standard InChI is InChI=1S/2C43H29N3/c1-2-9-30(10-3-1)36-13-6-14-37(27-36)42-28-41(34-22-18-31(19-23-34)38-15-8-26-44-29-38)45-43(46-42)35-24-20-33(21-25-35)40-17-7-12-32-11-4-5-16-39(32)40;1-2-8-30(9-3-1)37-12-6-13-39(27-37)42-28-41(34-20-15-33(16-21-34)40-14-7-25-44-29-40)45-43(46-42)35-22-17-32(18-23-35)38-24-19-31-10-4-5-11-36(31)26-38/h2*1-29H. The highest BCUT2D eigenvalue weighted by atomic mass is 14.9. The van der Waals surface area contributed by atoms with E-state index in [0.717, 1.165) is 95.1 Å². The Morgan fingerprint density at radius 3 is 1.01 bits per heavy atom. The van der Waals surface area contributed by atoms with Gasteiger partial charge in [0, 0.05) is 58.2 Å². The smallest absolute Gasteiger partial charge is 0.160 e. The largest absolute Gasteiger partial charge is 0.264 e. The topological polar surface area (TPSA) is 77.3 Å². The van der Waals surface area contributed by atoms with Crippen LogP contribution in [0.15, 0.2) is 352 Å². The highest BCUT2D eigenvalue weighted by Crippen LogP contribution is 2.36. The van der Waals surface area contributed by atoms with Gasteiger partial charge in [-0.3, -0.25) is 9.97 Å². The molecule has 0 unspecified atom stereocenters. The van der Waals surface area contributed by atoms with Crippen molar-refractivity contribution in [2.24, 2.45) is 0 Å². The second-order valence-electron chi connectivity index (χ2n) is 22.7. The van der Waals surface area contributed by atoms with Gasteiger partial charge in [0.2, 0.25) is 0 Å². The first-order valence-electron chi connectivity index (χ1n) is 30.9. The molecule has 0 fully saturated rings. The van der Waals surface area contributed by atoms with Gasteiger partial charge in [0.05, 0.1) is 22.8 Å². The van der Waals surface area contributed by atoms with Gasteiger partial charge in [0.1, 0.15) is 0 Å². The lowest BCUT2D eigenvalue weighted by Crippen LogP contribution is -1.96. The molecule has 12 aromatic carbocycles. The molecule has 0 saturated carbocycles. The van der Waals surface area contributed by atoms with Gasteiger partial charge < -0.3 is 0 Å². The highest BCUT2D eigenvalue weighted by molar-refractivity contribution is 5.97. The first-order chi connectivity index (χ1) is 45.5. The maximum Gasteiger partial charge on any atom is 0.160 e. The average molecular weight is 1180 g/mol. The van der Waals surface area contributed by atoms with Crippen LogP contribution in [-0.4, -0.2) is 29.9 Å². The van der Waals surface area contributed by atoms with Gasteiger partial charge in [-0.2, -0.15) is 0 Å². The van der Waals surface area contributed by atoms with E-state index in [1.54, 1.807) is 12.4 Å². The molecule has 0 saturated heterocycles. The lowest BCUT2D eigenvalue weighted by Gasteiger charge is -2.12. The second kappa shape index (κ2) is 25.8. The van der Waals surface area contributed by atoms with E-state index in [1.807, 2.05) is 36.7 Å². The summed E-state index contributed by atoms with van der Waals surface area (Å²) in [5, 5.41) is 4.95. The predicted octanol–water partition coefficient (Wildman–Crippen LogP) is 22.1. The zero-order valence-electron chi connectivity index (χ0n) is 50.2. The lowest BCUT2D eigenvalue weighted by molar-refractivity contribution is 1.18. The van der Waals surface area contributed by atoms with Gasteiger partial charge in [0.15, 0.2) is 11.6 Å². The van der Waals surface area contributed by atoms with Gasteiger partial charge in [-0.1, -0.05) is 285 Å². The molecule has 6 nitrogen and oxygen atoms in total. The van der Waals surface area contributed by atoms with Crippen LogP contribution in [0.2, 0.25) is 0 Å². The summed E-state index contributed by atoms with van der Waals surface area (Å²) in [4.78, 5) is 29.0. The average Bonchev–Trinajstić information content (AvgIpc) is 1.22. The lowest BCUT2D eigenvalue weighted by atomic mass is 9.97. The number of pyridine rings is 2. The van der Waals surface area contributed by atoms with Crippen molar-refractivity contribution in [1.82, 2.24) is 29.9 Å². The van der Waals surface area contributed by atoms with E-state index in [4.69, 9.17) is 19.9 Å². The van der Waals surface area contributed by atoms with E-state index in [1.165, 1.54) is 49.4 Å². The molecule has 4 aromatic heterocycles. The van der Waals surface area contributed by atoms with Crippen molar-refractivity contribution in [2.45, 2.75) is 0 Å². The Morgan fingerprint density at radius 2 is 0.511 bits per heavy atom. The maximum atomic E-state index is 5.13. The van der Waals surface area contributed by atoms with E-state index < -0.39 is 0 Å². The van der Waals surface area contributed by atoms with Crippen LogP contribution in [-0.2, 0) is 0 Å². The molecule has 0 aliphatic carbocycles. The Bertz CT molecular complexity index is 5200. The second-order valence-corrected chi connectivity index (χ2v) is 22.7. The molecule has 4 heterocycles. The summed E-state index contributed by atoms with van der Waals surface area (Å²) in [6.07, 6.45) is 7.36. The van der Waals surface area contributed by atoms with Gasteiger partial charge in [-0.05, 0) is 131 Å². The molecule has 0 bridgehead atoms. The normalized spacial score (nSPS) is 11.0. The minimum Gasteiger partial charge on any atom is -0.264 e. The fourth-order valence-electron chi connectivity index (χ4n) is 11.9. The molecule has 0 radical (unpaired) electrons. The fourth-order valence-corrected chi connectivity index (χ4v) is 11.9. The Kier molecular flexibility index (Phi) is 15.7. The zero-order valence-corrected chi connectivity index (χ0v) is 50.2. The number of rotatable bonds is 12. The molecule has 6 heteroatoms. The monoisotopic (exact) mass is 1170 g/mol. The van der Waals surface area contributed by atoms with Crippen LogP contribution in [0, 0.1) is 0 Å². The minimum atomic E-state index is 0.693. The van der Waals surface area contributed by atoms with E-state index in [0.29, 0.717) is 11.6 Å². The van der Waals surface area contributed by atoms with Gasteiger partial charge in [-0.15, -0.1) is 0 Å². The molecule has 0 aliphatic heterocycles. The summed E-state index contributed by atoms with van der Waals surface area (Å²) >= 11 is 0. The van der Waals surface area contributed by atoms with Crippen molar-refractivity contribution in [2.75, 3.05) is 0 Å². The highest BCUT2D eigenvalue weighted by Gasteiger charge is 2.16. The maximum absolute atomic E-state index is 5.13. The number of hydrogen-bond acceptors (Lipinski definition) is 6. The van der Waals surface area contributed by atoms with Crippen LogP contribution in [0.1, 0.15) is 0 Å². The molecule has 16 aromatic rings. The van der Waals surface area contributed by atoms with Crippen LogP contribution in [0.5, 0.6) is 0 Å². The first kappa shape index (κ1) is 56.2. The number of nitrogens with zero attached hydrogens (tertiary/aromatic N) is 6. The summed E-state index contributed by atoms with van der Waals surface area (Å²) < 4.78 is 0. The Labute approximate surface area is 535 Å². The van der Waals surface area contributed by atoms with Crippen molar-refractivity contribution >= 4 is 21.5 Å². The van der Waals surface area contributed by atoms with Crippen LogP contribution in [0.4, 0.5) is 0 Å². The quantitative estimate of drug-likeness (QED) is 0.121. The Balaban J connectivity index is 0.000000153. The van der Waals surface area contributed by atoms with Crippen molar-refractivity contribution in [1.29, 1.82) is 0 Å². The molecule has 0 amide bonds. The van der Waals surface area contributed by atoms with Crippen molar-refractivity contribution < 1.29 is 0 Å². The molecule has 0 aliphatic rings. The number of hydrogen-bond donors (Lipinski definition) is 0. The molecular formula is C86H58N6. The number of aromatic nitrogens is 6. The molecule has 92 heavy (non-hydrogen) atoms. The van der Waals surface area contributed by atoms with Crippen molar-refractivity contribution in [3.8, 4) is 135 Å². The minimum absolute atomic E-state index is 0.693. The van der Waals surface area contributed by atoms with Crippen molar-refractivity contribution in [3.05, 3.63) is 352 Å². The third kappa shape index (κ3) is 12.3. The molecule has 16 rings (SSSR count).